The van der Waals surface area contributed by atoms with E-state index in [-0.39, 0.29) is 18.3 Å². The van der Waals surface area contributed by atoms with Gasteiger partial charge in [0.1, 0.15) is 0 Å². The van der Waals surface area contributed by atoms with Crippen LogP contribution >= 0.6 is 12.4 Å². The molecule has 0 aromatic carbocycles. The average molecular weight is 275 g/mol. The number of unbranched alkanes of at least 4 members (excludes halogenated alkanes) is 3. The Morgan fingerprint density at radius 3 is 2.50 bits per heavy atom. The molecule has 1 heterocycles. The van der Waals surface area contributed by atoms with Crippen molar-refractivity contribution in [1.82, 2.24) is 10.2 Å². The minimum absolute atomic E-state index is 0. The van der Waals surface area contributed by atoms with E-state index in [1.54, 1.807) is 0 Å². The third kappa shape index (κ3) is 5.51. The fraction of sp³-hybridized carbons (Fsp3) is 0.667. The lowest BCUT2D eigenvalue weighted by molar-refractivity contribution is -0.116. The minimum Gasteiger partial charge on any atom is -0.330 e. The summed E-state index contributed by atoms with van der Waals surface area (Å²) in [6.45, 7) is 4.51. The second-order valence-electron chi connectivity index (χ2n) is 4.31. The van der Waals surface area contributed by atoms with Crippen LogP contribution in [0.1, 0.15) is 43.5 Å². The molecule has 0 bridgehead atoms. The Morgan fingerprint density at radius 1 is 1.28 bits per heavy atom. The molecule has 6 heteroatoms. The van der Waals surface area contributed by atoms with E-state index in [1.165, 1.54) is 0 Å². The number of nitrogens with one attached hydrogen (secondary N) is 2. The molecule has 0 fully saturated rings. The Labute approximate surface area is 114 Å². The smallest absolute Gasteiger partial charge is 0.224 e. The van der Waals surface area contributed by atoms with E-state index >= 15 is 0 Å². The van der Waals surface area contributed by atoms with E-state index in [2.05, 4.69) is 15.5 Å². The number of anilines is 1. The highest BCUT2D eigenvalue weighted by molar-refractivity contribution is 5.91. The van der Waals surface area contributed by atoms with Crippen molar-refractivity contribution in [2.45, 2.75) is 46.0 Å². The highest BCUT2D eigenvalue weighted by atomic mass is 35.5. The van der Waals surface area contributed by atoms with E-state index in [0.717, 1.165) is 49.3 Å². The number of carbonyl (C=O) groups excluding carboxylic acids is 1. The van der Waals surface area contributed by atoms with Crippen LogP contribution in [-0.2, 0) is 4.79 Å². The van der Waals surface area contributed by atoms with Crippen LogP contribution in [0.25, 0.3) is 0 Å². The Kier molecular flexibility index (Phi) is 8.41. The van der Waals surface area contributed by atoms with Gasteiger partial charge in [-0.1, -0.05) is 12.8 Å². The standard InChI is InChI=1S/C12H22N4O.ClH/c1-9-12(10(2)16-15-9)14-11(17)7-5-3-4-6-8-13;/h3-8,13H2,1-2H3,(H,14,17)(H,15,16);1H. The van der Waals surface area contributed by atoms with Crippen molar-refractivity contribution in [1.29, 1.82) is 0 Å². The molecular weight excluding hydrogens is 252 g/mol. The van der Waals surface area contributed by atoms with Crippen LogP contribution in [0.2, 0.25) is 0 Å². The second-order valence-corrected chi connectivity index (χ2v) is 4.31. The largest absolute Gasteiger partial charge is 0.330 e. The molecular formula is C12H23ClN4O. The van der Waals surface area contributed by atoms with E-state index in [1.807, 2.05) is 13.8 Å². The van der Waals surface area contributed by atoms with Gasteiger partial charge in [-0.15, -0.1) is 12.4 Å². The van der Waals surface area contributed by atoms with Crippen molar-refractivity contribution >= 4 is 24.0 Å². The zero-order valence-corrected chi connectivity index (χ0v) is 11.9. The number of hydrogen-bond donors (Lipinski definition) is 3. The van der Waals surface area contributed by atoms with Crippen LogP contribution in [0.4, 0.5) is 5.69 Å². The topological polar surface area (TPSA) is 83.8 Å². The number of halogens is 1. The predicted octanol–water partition coefficient (Wildman–Crippen LogP) is 2.30. The minimum atomic E-state index is 0. The Morgan fingerprint density at radius 2 is 1.94 bits per heavy atom. The van der Waals surface area contributed by atoms with Crippen LogP contribution in [0.15, 0.2) is 0 Å². The van der Waals surface area contributed by atoms with Crippen molar-refractivity contribution in [3.63, 3.8) is 0 Å². The van der Waals surface area contributed by atoms with Gasteiger partial charge in [-0.3, -0.25) is 9.89 Å². The van der Waals surface area contributed by atoms with Gasteiger partial charge in [-0.2, -0.15) is 5.10 Å². The summed E-state index contributed by atoms with van der Waals surface area (Å²) >= 11 is 0. The number of aromatic nitrogens is 2. The first kappa shape index (κ1) is 16.9. The molecule has 104 valence electrons. The Balaban J connectivity index is 0.00000289. The molecule has 0 spiro atoms. The molecule has 0 unspecified atom stereocenters. The molecule has 1 amide bonds. The zero-order valence-electron chi connectivity index (χ0n) is 11.1. The molecule has 0 radical (unpaired) electrons. The molecule has 0 saturated heterocycles. The summed E-state index contributed by atoms with van der Waals surface area (Å²) in [6.07, 6.45) is 4.69. The molecule has 1 rings (SSSR count). The fourth-order valence-corrected chi connectivity index (χ4v) is 1.72. The number of rotatable bonds is 7. The van der Waals surface area contributed by atoms with Crippen LogP contribution in [-0.4, -0.2) is 22.6 Å². The number of aryl methyl sites for hydroxylation is 2. The first-order chi connectivity index (χ1) is 8.15. The number of amides is 1. The maximum absolute atomic E-state index is 11.7. The second kappa shape index (κ2) is 8.94. The molecule has 4 N–H and O–H groups in total. The van der Waals surface area contributed by atoms with Gasteiger partial charge in [0.15, 0.2) is 0 Å². The monoisotopic (exact) mass is 274 g/mol. The summed E-state index contributed by atoms with van der Waals surface area (Å²) in [5.74, 6) is 0.0605. The third-order valence-corrected chi connectivity index (χ3v) is 2.75. The van der Waals surface area contributed by atoms with E-state index in [9.17, 15) is 4.79 Å². The molecule has 0 aliphatic carbocycles. The Bertz CT molecular complexity index is 345. The van der Waals surface area contributed by atoms with Crippen molar-refractivity contribution in [3.8, 4) is 0 Å². The molecule has 18 heavy (non-hydrogen) atoms. The van der Waals surface area contributed by atoms with Gasteiger partial charge in [-0.05, 0) is 33.2 Å². The van der Waals surface area contributed by atoms with Gasteiger partial charge in [0.05, 0.1) is 17.1 Å². The van der Waals surface area contributed by atoms with Crippen molar-refractivity contribution in [2.24, 2.45) is 5.73 Å². The molecule has 5 nitrogen and oxygen atoms in total. The van der Waals surface area contributed by atoms with Gasteiger partial charge in [0.2, 0.25) is 5.91 Å². The molecule has 0 aliphatic rings. The molecule has 0 saturated carbocycles. The first-order valence-corrected chi connectivity index (χ1v) is 6.16. The van der Waals surface area contributed by atoms with Crippen molar-refractivity contribution < 1.29 is 4.79 Å². The summed E-state index contributed by atoms with van der Waals surface area (Å²) in [4.78, 5) is 11.7. The predicted molar refractivity (Wildman–Crippen MR) is 76.1 cm³/mol. The fourth-order valence-electron chi connectivity index (χ4n) is 1.72. The number of hydrogen-bond acceptors (Lipinski definition) is 3. The van der Waals surface area contributed by atoms with Crippen LogP contribution < -0.4 is 11.1 Å². The Hall–Kier alpha value is -1.07. The maximum Gasteiger partial charge on any atom is 0.224 e. The van der Waals surface area contributed by atoms with Crippen LogP contribution in [0.5, 0.6) is 0 Å². The van der Waals surface area contributed by atoms with Gasteiger partial charge in [-0.25, -0.2) is 0 Å². The lowest BCUT2D eigenvalue weighted by atomic mass is 10.1. The van der Waals surface area contributed by atoms with Gasteiger partial charge >= 0.3 is 0 Å². The van der Waals surface area contributed by atoms with Crippen LogP contribution in [0.3, 0.4) is 0 Å². The van der Waals surface area contributed by atoms with E-state index in [4.69, 9.17) is 5.73 Å². The molecule has 0 atom stereocenters. The number of H-pyrrole nitrogens is 1. The highest BCUT2D eigenvalue weighted by Crippen LogP contribution is 2.16. The molecule has 1 aromatic rings. The number of nitrogens with zero attached hydrogens (tertiary/aromatic N) is 1. The quantitative estimate of drug-likeness (QED) is 0.667. The normalized spacial score (nSPS) is 9.94. The highest BCUT2D eigenvalue weighted by Gasteiger charge is 2.09. The molecule has 0 aliphatic heterocycles. The van der Waals surface area contributed by atoms with Gasteiger partial charge < -0.3 is 11.1 Å². The lowest BCUT2D eigenvalue weighted by Gasteiger charge is -2.05. The number of carbonyl (C=O) groups is 1. The zero-order chi connectivity index (χ0) is 12.7. The van der Waals surface area contributed by atoms with Crippen molar-refractivity contribution in [3.05, 3.63) is 11.4 Å². The van der Waals surface area contributed by atoms with Gasteiger partial charge in [0.25, 0.3) is 0 Å². The van der Waals surface area contributed by atoms with E-state index < -0.39 is 0 Å². The average Bonchev–Trinajstić information content (AvgIpc) is 2.60. The first-order valence-electron chi connectivity index (χ1n) is 6.16. The number of nitrogens with two attached hydrogens (primary N) is 1. The summed E-state index contributed by atoms with van der Waals surface area (Å²) in [5, 5.41) is 9.78. The number of aromatic amines is 1. The SMILES string of the molecule is Cc1n[nH]c(C)c1NC(=O)CCCCCCN.Cl. The summed E-state index contributed by atoms with van der Waals surface area (Å²) in [6, 6.07) is 0. The lowest BCUT2D eigenvalue weighted by Crippen LogP contribution is -2.12. The van der Waals surface area contributed by atoms with E-state index in [0.29, 0.717) is 6.42 Å². The van der Waals surface area contributed by atoms with Gasteiger partial charge in [0, 0.05) is 6.42 Å². The van der Waals surface area contributed by atoms with Crippen molar-refractivity contribution in [2.75, 3.05) is 11.9 Å². The summed E-state index contributed by atoms with van der Waals surface area (Å²) in [5.41, 5.74) is 7.96. The maximum atomic E-state index is 11.7. The summed E-state index contributed by atoms with van der Waals surface area (Å²) < 4.78 is 0. The summed E-state index contributed by atoms with van der Waals surface area (Å²) in [7, 11) is 0. The van der Waals surface area contributed by atoms with Crippen LogP contribution in [0, 0.1) is 13.8 Å². The third-order valence-electron chi connectivity index (χ3n) is 2.75. The molecule has 1 aromatic heterocycles.